The Bertz CT molecular complexity index is 554. The molecule has 1 aromatic carbocycles. The van der Waals surface area contributed by atoms with Crippen molar-refractivity contribution in [3.8, 4) is 5.75 Å². The van der Waals surface area contributed by atoms with Crippen molar-refractivity contribution in [1.29, 1.82) is 0 Å². The number of benzene rings is 1. The molecular weight excluding hydrogens is 308 g/mol. The fraction of sp³-hybridized carbons (Fsp3) is 0.357. The van der Waals surface area contributed by atoms with Crippen LogP contribution in [0.15, 0.2) is 35.1 Å². The maximum absolute atomic E-state index is 10.3. The summed E-state index contributed by atoms with van der Waals surface area (Å²) < 4.78 is 7.85. The molecule has 102 valence electrons. The number of aliphatic hydroxyl groups excluding tert-OH is 1. The summed E-state index contributed by atoms with van der Waals surface area (Å²) in [5.74, 6) is 0.748. The highest BCUT2D eigenvalue weighted by atomic mass is 79.9. The maximum atomic E-state index is 10.3. The fourth-order valence-corrected chi connectivity index (χ4v) is 2.48. The highest BCUT2D eigenvalue weighted by Crippen LogP contribution is 2.30. The van der Waals surface area contributed by atoms with E-state index >= 15 is 0 Å². The zero-order valence-electron chi connectivity index (χ0n) is 11.0. The van der Waals surface area contributed by atoms with Gasteiger partial charge < -0.3 is 9.84 Å². The summed E-state index contributed by atoms with van der Waals surface area (Å²) >= 11 is 3.42. The van der Waals surface area contributed by atoms with Gasteiger partial charge in [-0.1, -0.05) is 13.0 Å². The Morgan fingerprint density at radius 2 is 2.21 bits per heavy atom. The minimum Gasteiger partial charge on any atom is -0.496 e. The molecule has 0 saturated carbocycles. The number of nitrogens with zero attached hydrogens (tertiary/aromatic N) is 2. The van der Waals surface area contributed by atoms with Gasteiger partial charge in [0.05, 0.1) is 17.8 Å². The smallest absolute Gasteiger partial charge is 0.133 e. The van der Waals surface area contributed by atoms with E-state index in [9.17, 15) is 5.11 Å². The lowest BCUT2D eigenvalue weighted by molar-refractivity contribution is 0.220. The summed E-state index contributed by atoms with van der Waals surface area (Å²) in [5.41, 5.74) is 1.61. The van der Waals surface area contributed by atoms with E-state index in [4.69, 9.17) is 4.74 Å². The summed E-state index contributed by atoms with van der Waals surface area (Å²) in [5, 5.41) is 14.6. The van der Waals surface area contributed by atoms with Crippen molar-refractivity contribution in [1.82, 2.24) is 9.78 Å². The largest absolute Gasteiger partial charge is 0.496 e. The zero-order chi connectivity index (χ0) is 13.8. The second-order valence-electron chi connectivity index (χ2n) is 4.33. The monoisotopic (exact) mass is 324 g/mol. The van der Waals surface area contributed by atoms with Gasteiger partial charge in [0.2, 0.25) is 0 Å². The highest BCUT2D eigenvalue weighted by Gasteiger charge is 2.14. The molecule has 0 spiro atoms. The van der Waals surface area contributed by atoms with Crippen LogP contribution in [0.2, 0.25) is 0 Å². The van der Waals surface area contributed by atoms with Crippen LogP contribution in [0.5, 0.6) is 5.75 Å². The average molecular weight is 325 g/mol. The molecule has 5 heteroatoms. The molecular formula is C14H17BrN2O2. The van der Waals surface area contributed by atoms with Crippen LogP contribution in [0.3, 0.4) is 0 Å². The van der Waals surface area contributed by atoms with Crippen molar-refractivity contribution in [3.05, 3.63) is 46.2 Å². The molecule has 0 aliphatic carbocycles. The maximum Gasteiger partial charge on any atom is 0.133 e. The van der Waals surface area contributed by atoms with Crippen LogP contribution in [0.4, 0.5) is 0 Å². The Morgan fingerprint density at radius 1 is 1.42 bits per heavy atom. The van der Waals surface area contributed by atoms with Gasteiger partial charge in [-0.25, -0.2) is 0 Å². The zero-order valence-corrected chi connectivity index (χ0v) is 12.6. The molecule has 0 aliphatic heterocycles. The van der Waals surface area contributed by atoms with Crippen molar-refractivity contribution in [2.45, 2.75) is 26.0 Å². The number of rotatable bonds is 5. The van der Waals surface area contributed by atoms with Gasteiger partial charge in [0.25, 0.3) is 0 Å². The van der Waals surface area contributed by atoms with Crippen molar-refractivity contribution < 1.29 is 9.84 Å². The quantitative estimate of drug-likeness (QED) is 0.919. The lowest BCUT2D eigenvalue weighted by Crippen LogP contribution is -2.00. The van der Waals surface area contributed by atoms with Gasteiger partial charge in [-0.2, -0.15) is 5.10 Å². The van der Waals surface area contributed by atoms with E-state index in [1.807, 2.05) is 29.1 Å². The van der Waals surface area contributed by atoms with Crippen molar-refractivity contribution in [2.75, 3.05) is 7.11 Å². The van der Waals surface area contributed by atoms with E-state index in [1.165, 1.54) is 0 Å². The molecule has 1 N–H and O–H groups in total. The molecule has 1 aromatic heterocycles. The van der Waals surface area contributed by atoms with Crippen molar-refractivity contribution in [3.63, 3.8) is 0 Å². The Hall–Kier alpha value is -1.33. The fourth-order valence-electron chi connectivity index (χ4n) is 1.92. The minimum absolute atomic E-state index is 0.673. The van der Waals surface area contributed by atoms with Gasteiger partial charge >= 0.3 is 0 Å². The molecule has 19 heavy (non-hydrogen) atoms. The molecule has 0 amide bonds. The van der Waals surface area contributed by atoms with E-state index in [0.29, 0.717) is 0 Å². The first kappa shape index (κ1) is 14.1. The van der Waals surface area contributed by atoms with Gasteiger partial charge in [-0.3, -0.25) is 4.68 Å². The van der Waals surface area contributed by atoms with Crippen LogP contribution in [0.1, 0.15) is 30.6 Å². The normalized spacial score (nSPS) is 12.4. The van der Waals surface area contributed by atoms with Crippen LogP contribution in [0, 0.1) is 0 Å². The molecule has 0 fully saturated rings. The first-order valence-electron chi connectivity index (χ1n) is 6.19. The molecule has 1 atom stereocenters. The minimum atomic E-state index is -0.673. The molecule has 4 nitrogen and oxygen atoms in total. The Labute approximate surface area is 121 Å². The summed E-state index contributed by atoms with van der Waals surface area (Å²) in [6.07, 6.45) is 3.93. The molecule has 0 aliphatic rings. The number of aliphatic hydroxyl groups is 1. The molecule has 0 saturated heterocycles. The number of methoxy groups -OCH3 is 1. The molecule has 0 bridgehead atoms. The number of halogens is 1. The van der Waals surface area contributed by atoms with Crippen LogP contribution in [0.25, 0.3) is 0 Å². The third kappa shape index (κ3) is 3.16. The Morgan fingerprint density at radius 3 is 2.84 bits per heavy atom. The summed E-state index contributed by atoms with van der Waals surface area (Å²) in [6.45, 7) is 2.96. The Kier molecular flexibility index (Phi) is 4.61. The number of hydrogen-bond acceptors (Lipinski definition) is 3. The van der Waals surface area contributed by atoms with E-state index < -0.39 is 6.10 Å². The van der Waals surface area contributed by atoms with Crippen LogP contribution in [-0.2, 0) is 6.54 Å². The summed E-state index contributed by atoms with van der Waals surface area (Å²) in [4.78, 5) is 0. The average Bonchev–Trinajstić information content (AvgIpc) is 2.87. The number of ether oxygens (including phenoxy) is 1. The topological polar surface area (TPSA) is 47.3 Å². The standard InChI is InChI=1S/C14H17BrN2O2/c1-3-6-17-9-11(8-16-17)14(18)10-4-5-13(19-2)12(15)7-10/h4-5,7-9,14,18H,3,6H2,1-2H3. The number of hydrogen-bond donors (Lipinski definition) is 1. The number of aryl methyl sites for hydroxylation is 1. The van der Waals surface area contributed by atoms with Gasteiger partial charge in [0.15, 0.2) is 0 Å². The highest BCUT2D eigenvalue weighted by molar-refractivity contribution is 9.10. The SMILES string of the molecule is CCCn1cc(C(O)c2ccc(OC)c(Br)c2)cn1. The van der Waals surface area contributed by atoms with Gasteiger partial charge in [0.1, 0.15) is 11.9 Å². The lowest BCUT2D eigenvalue weighted by atomic mass is 10.0. The molecule has 2 rings (SSSR count). The van der Waals surface area contributed by atoms with Crippen molar-refractivity contribution >= 4 is 15.9 Å². The summed E-state index contributed by atoms with van der Waals surface area (Å²) in [6, 6.07) is 5.55. The van der Waals surface area contributed by atoms with Crippen LogP contribution >= 0.6 is 15.9 Å². The summed E-state index contributed by atoms with van der Waals surface area (Å²) in [7, 11) is 1.62. The third-order valence-electron chi connectivity index (χ3n) is 2.91. The first-order valence-corrected chi connectivity index (χ1v) is 6.99. The predicted molar refractivity (Wildman–Crippen MR) is 77.3 cm³/mol. The Balaban J connectivity index is 2.22. The van der Waals surface area contributed by atoms with E-state index in [2.05, 4.69) is 28.0 Å². The third-order valence-corrected chi connectivity index (χ3v) is 3.53. The molecule has 1 heterocycles. The first-order chi connectivity index (χ1) is 9.15. The second-order valence-corrected chi connectivity index (χ2v) is 5.19. The molecule has 1 unspecified atom stereocenters. The molecule has 0 radical (unpaired) electrons. The van der Waals surface area contributed by atoms with Gasteiger partial charge in [0, 0.05) is 18.3 Å². The van der Waals surface area contributed by atoms with E-state index in [0.717, 1.165) is 34.3 Å². The van der Waals surface area contributed by atoms with Gasteiger partial charge in [-0.05, 0) is 40.0 Å². The second kappa shape index (κ2) is 6.21. The van der Waals surface area contributed by atoms with E-state index in [-0.39, 0.29) is 0 Å². The van der Waals surface area contributed by atoms with Crippen molar-refractivity contribution in [2.24, 2.45) is 0 Å². The predicted octanol–water partition coefficient (Wildman–Crippen LogP) is 3.15. The molecule has 2 aromatic rings. The van der Waals surface area contributed by atoms with Gasteiger partial charge in [-0.15, -0.1) is 0 Å². The lowest BCUT2D eigenvalue weighted by Gasteiger charge is -2.11. The number of aromatic nitrogens is 2. The van der Waals surface area contributed by atoms with E-state index in [1.54, 1.807) is 13.3 Å². The van der Waals surface area contributed by atoms with Crippen LogP contribution < -0.4 is 4.74 Å². The van der Waals surface area contributed by atoms with Crippen LogP contribution in [-0.4, -0.2) is 22.0 Å².